The predicted octanol–water partition coefficient (Wildman–Crippen LogP) is 3.81. The van der Waals surface area contributed by atoms with E-state index in [-0.39, 0.29) is 5.78 Å². The molecule has 120 valence electrons. The minimum Gasteiger partial charge on any atom is -0.444 e. The minimum atomic E-state index is -0.551. The summed E-state index contributed by atoms with van der Waals surface area (Å²) < 4.78 is 5.24. The number of alkyl carbamates (subject to hydrolysis) is 1. The first-order chi connectivity index (χ1) is 10.3. The molecule has 0 bridgehead atoms. The molecule has 0 spiro atoms. The SMILES string of the molecule is CC(C)(C)OC(=O)N[C@@H]1CC[C@@H](c2ccccc2)CCC1=O. The van der Waals surface area contributed by atoms with E-state index >= 15 is 0 Å². The second-order valence-corrected chi connectivity index (χ2v) is 6.89. The summed E-state index contributed by atoms with van der Waals surface area (Å²) in [5.74, 6) is 0.486. The molecule has 1 aliphatic carbocycles. The molecule has 1 fully saturated rings. The maximum absolute atomic E-state index is 12.2. The van der Waals surface area contributed by atoms with Crippen LogP contribution in [0.15, 0.2) is 30.3 Å². The van der Waals surface area contributed by atoms with E-state index in [0.29, 0.717) is 18.8 Å². The van der Waals surface area contributed by atoms with Crippen LogP contribution in [0.5, 0.6) is 0 Å². The number of benzene rings is 1. The van der Waals surface area contributed by atoms with Crippen molar-refractivity contribution in [2.45, 2.75) is 64.0 Å². The molecule has 1 aromatic rings. The highest BCUT2D eigenvalue weighted by atomic mass is 16.6. The van der Waals surface area contributed by atoms with E-state index in [1.165, 1.54) is 5.56 Å². The molecular weight excluding hydrogens is 278 g/mol. The lowest BCUT2D eigenvalue weighted by atomic mass is 9.92. The van der Waals surface area contributed by atoms with Gasteiger partial charge in [-0.15, -0.1) is 0 Å². The minimum absolute atomic E-state index is 0.101. The van der Waals surface area contributed by atoms with Gasteiger partial charge in [0, 0.05) is 6.42 Å². The zero-order valence-corrected chi connectivity index (χ0v) is 13.6. The largest absolute Gasteiger partial charge is 0.444 e. The summed E-state index contributed by atoms with van der Waals surface area (Å²) in [6.07, 6.45) is 2.40. The van der Waals surface area contributed by atoms with Gasteiger partial charge in [0.1, 0.15) is 5.60 Å². The molecule has 0 unspecified atom stereocenters. The maximum atomic E-state index is 12.2. The molecule has 0 radical (unpaired) electrons. The van der Waals surface area contributed by atoms with Crippen LogP contribution in [0.25, 0.3) is 0 Å². The summed E-state index contributed by atoms with van der Waals surface area (Å²) in [4.78, 5) is 24.1. The zero-order valence-electron chi connectivity index (χ0n) is 13.6. The molecule has 4 heteroatoms. The second kappa shape index (κ2) is 6.95. The lowest BCUT2D eigenvalue weighted by molar-refractivity contribution is -0.121. The average molecular weight is 303 g/mol. The van der Waals surface area contributed by atoms with Gasteiger partial charge in [-0.2, -0.15) is 0 Å². The fourth-order valence-electron chi connectivity index (χ4n) is 2.82. The molecule has 0 heterocycles. The van der Waals surface area contributed by atoms with Crippen molar-refractivity contribution in [2.24, 2.45) is 0 Å². The Bertz CT molecular complexity index is 519. The second-order valence-electron chi connectivity index (χ2n) is 6.89. The Hall–Kier alpha value is -1.84. The zero-order chi connectivity index (χ0) is 16.2. The van der Waals surface area contributed by atoms with Gasteiger partial charge in [-0.1, -0.05) is 30.3 Å². The van der Waals surface area contributed by atoms with E-state index in [0.717, 1.165) is 12.8 Å². The van der Waals surface area contributed by atoms with Crippen molar-refractivity contribution in [2.75, 3.05) is 0 Å². The molecule has 1 N–H and O–H groups in total. The van der Waals surface area contributed by atoms with Crippen LogP contribution < -0.4 is 5.32 Å². The fourth-order valence-corrected chi connectivity index (χ4v) is 2.82. The standard InChI is InChI=1S/C18H25NO3/c1-18(2,3)22-17(21)19-15-11-9-14(10-12-16(15)20)13-7-5-4-6-8-13/h4-8,14-15H,9-12H2,1-3H3,(H,19,21)/t14-,15-/m1/s1. The van der Waals surface area contributed by atoms with Gasteiger partial charge in [0.2, 0.25) is 0 Å². The molecule has 4 nitrogen and oxygen atoms in total. The fraction of sp³-hybridized carbons (Fsp3) is 0.556. The highest BCUT2D eigenvalue weighted by molar-refractivity contribution is 5.87. The number of carbonyl (C=O) groups excluding carboxylic acids is 2. The lowest BCUT2D eigenvalue weighted by Gasteiger charge is -2.22. The first kappa shape index (κ1) is 16.5. The molecule has 1 saturated carbocycles. The Morgan fingerprint density at radius 2 is 1.82 bits per heavy atom. The van der Waals surface area contributed by atoms with Crippen LogP contribution in [0.3, 0.4) is 0 Å². The van der Waals surface area contributed by atoms with E-state index in [9.17, 15) is 9.59 Å². The average Bonchev–Trinajstić information content (AvgIpc) is 2.61. The van der Waals surface area contributed by atoms with Crippen LogP contribution >= 0.6 is 0 Å². The normalized spacial score (nSPS) is 22.8. The topological polar surface area (TPSA) is 55.4 Å². The van der Waals surface area contributed by atoms with E-state index < -0.39 is 17.7 Å². The van der Waals surface area contributed by atoms with Gasteiger partial charge in [0.25, 0.3) is 0 Å². The first-order valence-corrected chi connectivity index (χ1v) is 7.92. The van der Waals surface area contributed by atoms with Crippen molar-refractivity contribution in [1.82, 2.24) is 5.32 Å². The molecule has 1 amide bonds. The summed E-state index contributed by atoms with van der Waals surface area (Å²) in [6.45, 7) is 5.44. The summed E-state index contributed by atoms with van der Waals surface area (Å²) >= 11 is 0. The van der Waals surface area contributed by atoms with Gasteiger partial charge in [-0.3, -0.25) is 4.79 Å². The van der Waals surface area contributed by atoms with Gasteiger partial charge < -0.3 is 10.1 Å². The third-order valence-electron chi connectivity index (χ3n) is 3.89. The number of nitrogens with one attached hydrogen (secondary N) is 1. The van der Waals surface area contributed by atoms with E-state index in [1.54, 1.807) is 0 Å². The van der Waals surface area contributed by atoms with E-state index in [1.807, 2.05) is 39.0 Å². The molecule has 1 aliphatic rings. The van der Waals surface area contributed by atoms with Crippen LogP contribution in [0.2, 0.25) is 0 Å². The summed E-state index contributed by atoms with van der Waals surface area (Å²) in [5.41, 5.74) is 0.720. The highest BCUT2D eigenvalue weighted by Gasteiger charge is 2.28. The molecule has 2 atom stereocenters. The van der Waals surface area contributed by atoms with Gasteiger partial charge in [-0.05, 0) is 51.5 Å². The van der Waals surface area contributed by atoms with Crippen LogP contribution in [-0.4, -0.2) is 23.5 Å². The Balaban J connectivity index is 1.95. The van der Waals surface area contributed by atoms with Crippen molar-refractivity contribution in [3.8, 4) is 0 Å². The van der Waals surface area contributed by atoms with E-state index in [2.05, 4.69) is 17.4 Å². The highest BCUT2D eigenvalue weighted by Crippen LogP contribution is 2.30. The molecule has 0 aliphatic heterocycles. The Labute approximate surface area is 132 Å². The van der Waals surface area contributed by atoms with Crippen molar-refractivity contribution < 1.29 is 14.3 Å². The Morgan fingerprint density at radius 1 is 1.14 bits per heavy atom. The number of hydrogen-bond acceptors (Lipinski definition) is 3. The Kier molecular flexibility index (Phi) is 5.22. The summed E-state index contributed by atoms with van der Waals surface area (Å²) in [6, 6.07) is 9.84. The van der Waals surface area contributed by atoms with Crippen LogP contribution in [0, 0.1) is 0 Å². The number of ether oxygens (including phenoxy) is 1. The van der Waals surface area contributed by atoms with Gasteiger partial charge in [0.15, 0.2) is 5.78 Å². The molecule has 1 aromatic carbocycles. The van der Waals surface area contributed by atoms with Crippen molar-refractivity contribution in [3.63, 3.8) is 0 Å². The van der Waals surface area contributed by atoms with Crippen molar-refractivity contribution >= 4 is 11.9 Å². The monoisotopic (exact) mass is 303 g/mol. The number of ketones is 1. The van der Waals surface area contributed by atoms with Crippen LogP contribution in [-0.2, 0) is 9.53 Å². The maximum Gasteiger partial charge on any atom is 0.408 e. The number of amides is 1. The van der Waals surface area contributed by atoms with Gasteiger partial charge in [0.05, 0.1) is 6.04 Å². The van der Waals surface area contributed by atoms with Crippen LogP contribution in [0.1, 0.15) is 57.9 Å². The number of hydrogen-bond donors (Lipinski definition) is 1. The van der Waals surface area contributed by atoms with Crippen molar-refractivity contribution in [1.29, 1.82) is 0 Å². The molecule has 0 aromatic heterocycles. The number of Topliss-reactive ketones (excluding diaryl/α,β-unsaturated/α-hetero) is 1. The smallest absolute Gasteiger partial charge is 0.408 e. The molecule has 22 heavy (non-hydrogen) atoms. The number of carbonyl (C=O) groups is 2. The first-order valence-electron chi connectivity index (χ1n) is 7.92. The molecular formula is C18H25NO3. The quantitative estimate of drug-likeness (QED) is 0.845. The van der Waals surface area contributed by atoms with Gasteiger partial charge in [-0.25, -0.2) is 4.79 Å². The Morgan fingerprint density at radius 3 is 2.45 bits per heavy atom. The van der Waals surface area contributed by atoms with E-state index in [4.69, 9.17) is 4.74 Å². The van der Waals surface area contributed by atoms with Gasteiger partial charge >= 0.3 is 6.09 Å². The summed E-state index contributed by atoms with van der Waals surface area (Å²) in [5, 5.41) is 2.73. The lowest BCUT2D eigenvalue weighted by Crippen LogP contribution is -2.42. The number of rotatable bonds is 2. The predicted molar refractivity (Wildman–Crippen MR) is 85.8 cm³/mol. The molecule has 0 saturated heterocycles. The van der Waals surface area contributed by atoms with Crippen LogP contribution in [0.4, 0.5) is 4.79 Å². The third-order valence-corrected chi connectivity index (χ3v) is 3.89. The van der Waals surface area contributed by atoms with Crippen molar-refractivity contribution in [3.05, 3.63) is 35.9 Å². The summed E-state index contributed by atoms with van der Waals surface area (Å²) in [7, 11) is 0. The molecule has 2 rings (SSSR count). The third kappa shape index (κ3) is 4.86.